The van der Waals surface area contributed by atoms with Gasteiger partial charge in [-0.05, 0) is 25.2 Å². The van der Waals surface area contributed by atoms with Crippen molar-refractivity contribution in [3.05, 3.63) is 34.6 Å². The highest BCUT2D eigenvalue weighted by Gasteiger charge is 2.05. The van der Waals surface area contributed by atoms with Crippen LogP contribution in [0.4, 0.5) is 4.39 Å². The Labute approximate surface area is 88.2 Å². The quantitative estimate of drug-likeness (QED) is 0.719. The zero-order valence-electron chi connectivity index (χ0n) is 8.26. The topological polar surface area (TPSA) is 12.5 Å². The summed E-state index contributed by atoms with van der Waals surface area (Å²) in [5.74, 6) is -0.239. The average Bonchev–Trinajstić information content (AvgIpc) is 2.12. The van der Waals surface area contributed by atoms with Gasteiger partial charge in [-0.25, -0.2) is 4.39 Å². The Morgan fingerprint density at radius 3 is 2.86 bits per heavy atom. The molecule has 0 radical (unpaired) electrons. The first-order chi connectivity index (χ1) is 6.63. The van der Waals surface area contributed by atoms with Crippen LogP contribution in [0.1, 0.15) is 5.56 Å². The zero-order chi connectivity index (χ0) is 10.6. The van der Waals surface area contributed by atoms with Crippen LogP contribution in [0.25, 0.3) is 0 Å². The Morgan fingerprint density at radius 1 is 1.50 bits per heavy atom. The Bertz CT molecular complexity index is 306. The van der Waals surface area contributed by atoms with E-state index in [1.165, 1.54) is 12.1 Å². The van der Waals surface area contributed by atoms with Crippen molar-refractivity contribution in [3.8, 4) is 0 Å². The van der Waals surface area contributed by atoms with Crippen molar-refractivity contribution in [3.63, 3.8) is 0 Å². The number of halogens is 2. The van der Waals surface area contributed by atoms with Crippen LogP contribution in [0, 0.1) is 5.82 Å². The third kappa shape index (κ3) is 3.25. The molecule has 0 bridgehead atoms. The Balaban J connectivity index is 2.70. The minimum Gasteiger partial charge on any atom is -0.369 e. The van der Waals surface area contributed by atoms with Gasteiger partial charge in [-0.3, -0.25) is 4.90 Å². The third-order valence-corrected chi connectivity index (χ3v) is 2.03. The van der Waals surface area contributed by atoms with Gasteiger partial charge in [-0.1, -0.05) is 11.6 Å². The molecule has 0 amide bonds. The number of ether oxygens (including phenoxy) is 1. The molecule has 0 atom stereocenters. The molecule has 1 aromatic rings. The van der Waals surface area contributed by atoms with E-state index in [4.69, 9.17) is 16.3 Å². The van der Waals surface area contributed by atoms with Crippen molar-refractivity contribution >= 4 is 11.6 Å². The molecular formula is C10H13ClFNO. The lowest BCUT2D eigenvalue weighted by Gasteiger charge is -2.15. The minimum atomic E-state index is -0.239. The molecule has 0 heterocycles. The van der Waals surface area contributed by atoms with Gasteiger partial charge < -0.3 is 4.74 Å². The fourth-order valence-electron chi connectivity index (χ4n) is 1.22. The van der Waals surface area contributed by atoms with E-state index >= 15 is 0 Å². The molecule has 14 heavy (non-hydrogen) atoms. The first kappa shape index (κ1) is 11.4. The summed E-state index contributed by atoms with van der Waals surface area (Å²) in [6.07, 6.45) is 0. The highest BCUT2D eigenvalue weighted by molar-refractivity contribution is 6.30. The van der Waals surface area contributed by atoms with Crippen molar-refractivity contribution in [2.24, 2.45) is 0 Å². The van der Waals surface area contributed by atoms with Crippen LogP contribution in [0.15, 0.2) is 18.2 Å². The van der Waals surface area contributed by atoms with Crippen LogP contribution < -0.4 is 0 Å². The van der Waals surface area contributed by atoms with Gasteiger partial charge in [0, 0.05) is 24.2 Å². The first-order valence-electron chi connectivity index (χ1n) is 4.25. The van der Waals surface area contributed by atoms with E-state index in [1.54, 1.807) is 13.2 Å². The molecule has 0 fully saturated rings. The van der Waals surface area contributed by atoms with Gasteiger partial charge in [-0.15, -0.1) is 0 Å². The number of rotatable bonds is 4. The number of nitrogens with zero attached hydrogens (tertiary/aromatic N) is 1. The molecular weight excluding hydrogens is 205 g/mol. The molecule has 4 heteroatoms. The predicted octanol–water partition coefficient (Wildman–Crippen LogP) is 2.51. The highest BCUT2D eigenvalue weighted by Crippen LogP contribution is 2.15. The van der Waals surface area contributed by atoms with Gasteiger partial charge in [0.1, 0.15) is 5.82 Å². The van der Waals surface area contributed by atoms with E-state index in [1.807, 2.05) is 11.9 Å². The van der Waals surface area contributed by atoms with E-state index in [-0.39, 0.29) is 5.82 Å². The Hall–Kier alpha value is -0.640. The molecule has 0 aliphatic carbocycles. The maximum atomic E-state index is 13.2. The maximum absolute atomic E-state index is 13.2. The van der Waals surface area contributed by atoms with E-state index in [9.17, 15) is 4.39 Å². The molecule has 0 N–H and O–H groups in total. The van der Waals surface area contributed by atoms with Crippen LogP contribution in [0.2, 0.25) is 5.02 Å². The fourth-order valence-corrected chi connectivity index (χ4v) is 1.42. The first-order valence-corrected chi connectivity index (χ1v) is 4.62. The molecule has 78 valence electrons. The minimum absolute atomic E-state index is 0.239. The molecule has 0 saturated carbocycles. The number of methoxy groups -OCH3 is 1. The summed E-state index contributed by atoms with van der Waals surface area (Å²) < 4.78 is 18.2. The smallest absolute Gasteiger partial charge is 0.127 e. The molecule has 1 aromatic carbocycles. The van der Waals surface area contributed by atoms with Crippen molar-refractivity contribution in [1.29, 1.82) is 0 Å². The molecule has 0 unspecified atom stereocenters. The standard InChI is InChI=1S/C10H13ClFNO/c1-13(7-14-2)6-8-5-9(11)3-4-10(8)12/h3-5H,6-7H2,1-2H3. The third-order valence-electron chi connectivity index (χ3n) is 1.80. The van der Waals surface area contributed by atoms with Crippen molar-refractivity contribution in [2.45, 2.75) is 6.54 Å². The lowest BCUT2D eigenvalue weighted by molar-refractivity contribution is 0.0765. The van der Waals surface area contributed by atoms with Crippen LogP contribution in [0.5, 0.6) is 0 Å². The molecule has 0 aromatic heterocycles. The van der Waals surface area contributed by atoms with Crippen molar-refractivity contribution in [1.82, 2.24) is 4.90 Å². The van der Waals surface area contributed by atoms with Crippen molar-refractivity contribution < 1.29 is 9.13 Å². The van der Waals surface area contributed by atoms with Crippen LogP contribution in [-0.2, 0) is 11.3 Å². The van der Waals surface area contributed by atoms with E-state index in [0.29, 0.717) is 23.9 Å². The Morgan fingerprint density at radius 2 is 2.21 bits per heavy atom. The zero-order valence-corrected chi connectivity index (χ0v) is 9.01. The summed E-state index contributed by atoms with van der Waals surface area (Å²) in [7, 11) is 3.45. The fraction of sp³-hybridized carbons (Fsp3) is 0.400. The lowest BCUT2D eigenvalue weighted by atomic mass is 10.2. The molecule has 0 aliphatic rings. The van der Waals surface area contributed by atoms with Crippen LogP contribution in [-0.4, -0.2) is 25.8 Å². The van der Waals surface area contributed by atoms with E-state index < -0.39 is 0 Å². The van der Waals surface area contributed by atoms with Gasteiger partial charge in [0.25, 0.3) is 0 Å². The summed E-state index contributed by atoms with van der Waals surface area (Å²) in [6.45, 7) is 0.951. The summed E-state index contributed by atoms with van der Waals surface area (Å²) >= 11 is 5.76. The lowest BCUT2D eigenvalue weighted by Crippen LogP contribution is -2.20. The summed E-state index contributed by atoms with van der Waals surface area (Å²) in [5, 5.41) is 0.548. The second kappa shape index (κ2) is 5.29. The SMILES string of the molecule is COCN(C)Cc1cc(Cl)ccc1F. The molecule has 0 spiro atoms. The number of benzene rings is 1. The molecule has 0 saturated heterocycles. The van der Waals surface area contributed by atoms with Gasteiger partial charge >= 0.3 is 0 Å². The van der Waals surface area contributed by atoms with Crippen LogP contribution in [0.3, 0.4) is 0 Å². The second-order valence-corrected chi connectivity index (χ2v) is 3.60. The van der Waals surface area contributed by atoms with Gasteiger partial charge in [0.05, 0.1) is 6.73 Å². The predicted molar refractivity (Wildman–Crippen MR) is 54.8 cm³/mol. The number of hydrogen-bond acceptors (Lipinski definition) is 2. The largest absolute Gasteiger partial charge is 0.369 e. The monoisotopic (exact) mass is 217 g/mol. The average molecular weight is 218 g/mol. The second-order valence-electron chi connectivity index (χ2n) is 3.17. The van der Waals surface area contributed by atoms with Crippen molar-refractivity contribution in [2.75, 3.05) is 20.9 Å². The van der Waals surface area contributed by atoms with Gasteiger partial charge in [-0.2, -0.15) is 0 Å². The van der Waals surface area contributed by atoms with E-state index in [0.717, 1.165) is 0 Å². The summed E-state index contributed by atoms with van der Waals surface area (Å²) in [6, 6.07) is 4.54. The normalized spacial score (nSPS) is 10.9. The molecule has 1 rings (SSSR count). The summed E-state index contributed by atoms with van der Waals surface area (Å²) in [5.41, 5.74) is 0.581. The molecule has 0 aliphatic heterocycles. The highest BCUT2D eigenvalue weighted by atomic mass is 35.5. The van der Waals surface area contributed by atoms with Gasteiger partial charge in [0.2, 0.25) is 0 Å². The maximum Gasteiger partial charge on any atom is 0.127 e. The summed E-state index contributed by atoms with van der Waals surface area (Å²) in [4.78, 5) is 1.86. The Kier molecular flexibility index (Phi) is 4.32. The molecule has 2 nitrogen and oxygen atoms in total. The van der Waals surface area contributed by atoms with Crippen LogP contribution >= 0.6 is 11.6 Å². The number of hydrogen-bond donors (Lipinski definition) is 0. The van der Waals surface area contributed by atoms with Gasteiger partial charge in [0.15, 0.2) is 0 Å². The van der Waals surface area contributed by atoms with E-state index in [2.05, 4.69) is 0 Å².